The first-order valence-corrected chi connectivity index (χ1v) is 3.77. The van der Waals surface area contributed by atoms with Crippen LogP contribution < -0.4 is 0 Å². The van der Waals surface area contributed by atoms with E-state index in [-0.39, 0.29) is 0 Å². The summed E-state index contributed by atoms with van der Waals surface area (Å²) in [4.78, 5) is 0. The van der Waals surface area contributed by atoms with E-state index in [1.54, 1.807) is 6.08 Å². The average molecular weight is 135 g/mol. The van der Waals surface area contributed by atoms with Gasteiger partial charge in [0, 0.05) is 0 Å². The molecule has 0 atom stereocenters. The molecule has 0 aliphatic rings. The lowest BCUT2D eigenvalue weighted by molar-refractivity contribution is 0.954. The fourth-order valence-electron chi connectivity index (χ4n) is 0.616. The summed E-state index contributed by atoms with van der Waals surface area (Å²) in [5.74, 6) is 0. The summed E-state index contributed by atoms with van der Waals surface area (Å²) in [6.07, 6.45) is 13.2. The van der Waals surface area contributed by atoms with E-state index in [4.69, 9.17) is 6.58 Å². The number of hydrogen-bond acceptors (Lipinski definition) is 0. The third-order valence-electron chi connectivity index (χ3n) is 1.14. The Bertz CT molecular complexity index is 118. The molecule has 0 heteroatoms. The van der Waals surface area contributed by atoms with Crippen molar-refractivity contribution in [3.63, 3.8) is 0 Å². The van der Waals surface area contributed by atoms with Gasteiger partial charge >= 0.3 is 0 Å². The van der Waals surface area contributed by atoms with Crippen molar-refractivity contribution in [2.75, 3.05) is 0 Å². The van der Waals surface area contributed by atoms with Crippen LogP contribution in [-0.2, 0) is 0 Å². The van der Waals surface area contributed by atoms with Crippen LogP contribution in [0.3, 0.4) is 0 Å². The van der Waals surface area contributed by atoms with Crippen LogP contribution >= 0.6 is 0 Å². The van der Waals surface area contributed by atoms with Crippen LogP contribution in [0.15, 0.2) is 30.4 Å². The molecule has 0 unspecified atom stereocenters. The Morgan fingerprint density at radius 3 is 2.60 bits per heavy atom. The van der Waals surface area contributed by atoms with Gasteiger partial charge in [0.05, 0.1) is 0 Å². The fourth-order valence-corrected chi connectivity index (χ4v) is 0.616. The summed E-state index contributed by atoms with van der Waals surface area (Å²) >= 11 is 0. The first kappa shape index (κ1) is 9.22. The molecule has 0 amide bonds. The molecule has 55 valence electrons. The molecule has 0 nitrogen and oxygen atoms in total. The average Bonchev–Trinajstić information content (AvgIpc) is 1.97. The zero-order valence-electron chi connectivity index (χ0n) is 6.59. The highest BCUT2D eigenvalue weighted by Crippen LogP contribution is 1.91. The van der Waals surface area contributed by atoms with Gasteiger partial charge in [0.15, 0.2) is 0 Å². The number of allylic oxidation sites excluding steroid dienone is 5. The molecule has 0 aromatic rings. The highest BCUT2D eigenvalue weighted by atomic mass is 13.8. The lowest BCUT2D eigenvalue weighted by Crippen LogP contribution is -1.61. The second kappa shape index (κ2) is 8.22. The molecule has 0 N–H and O–H groups in total. The molecule has 0 saturated heterocycles. The van der Waals surface area contributed by atoms with E-state index in [1.807, 2.05) is 12.2 Å². The van der Waals surface area contributed by atoms with Gasteiger partial charge in [-0.3, -0.25) is 0 Å². The maximum Gasteiger partial charge on any atom is -0.0166 e. The molecular weight excluding hydrogens is 120 g/mol. The first-order chi connectivity index (χ1) is 4.91. The lowest BCUT2D eigenvalue weighted by Gasteiger charge is -1.82. The van der Waals surface area contributed by atoms with Gasteiger partial charge < -0.3 is 0 Å². The van der Waals surface area contributed by atoms with Crippen molar-refractivity contribution in [1.82, 2.24) is 0 Å². The molecule has 0 fully saturated rings. The van der Waals surface area contributed by atoms with Crippen molar-refractivity contribution in [3.05, 3.63) is 37.0 Å². The van der Waals surface area contributed by atoms with E-state index < -0.39 is 0 Å². The zero-order valence-corrected chi connectivity index (χ0v) is 6.59. The number of hydrogen-bond donors (Lipinski definition) is 0. The van der Waals surface area contributed by atoms with Gasteiger partial charge in [0.1, 0.15) is 0 Å². The fraction of sp³-hybridized carbons (Fsp3) is 0.400. The summed E-state index contributed by atoms with van der Waals surface area (Å²) in [5, 5.41) is 0. The predicted molar refractivity (Wildman–Crippen MR) is 46.7 cm³/mol. The van der Waals surface area contributed by atoms with Gasteiger partial charge in [-0.2, -0.15) is 0 Å². The van der Waals surface area contributed by atoms with Crippen LogP contribution in [0.1, 0.15) is 26.2 Å². The van der Waals surface area contributed by atoms with Crippen molar-refractivity contribution in [2.45, 2.75) is 26.2 Å². The molecule has 0 aromatic carbocycles. The second-order valence-electron chi connectivity index (χ2n) is 2.12. The smallest absolute Gasteiger partial charge is 0.0166 e. The van der Waals surface area contributed by atoms with E-state index in [2.05, 4.69) is 19.1 Å². The largest absolute Gasteiger partial charge is 0.0882 e. The molecule has 1 radical (unpaired) electrons. The Morgan fingerprint density at radius 1 is 1.20 bits per heavy atom. The Morgan fingerprint density at radius 2 is 2.00 bits per heavy atom. The standard InChI is InChI=1S/C10H15/c1-3-5-7-9-10-8-6-4-2/h1,3,5,7-8,10H,4,6,9H2,2H3. The number of unbranched alkanes of at least 4 members (excludes halogenated alkanes) is 1. The molecule has 0 aliphatic heterocycles. The van der Waals surface area contributed by atoms with E-state index in [9.17, 15) is 0 Å². The minimum absolute atomic E-state index is 0.994. The summed E-state index contributed by atoms with van der Waals surface area (Å²) in [6.45, 7) is 7.31. The van der Waals surface area contributed by atoms with Gasteiger partial charge in [0.2, 0.25) is 0 Å². The van der Waals surface area contributed by atoms with Crippen molar-refractivity contribution in [3.8, 4) is 0 Å². The van der Waals surface area contributed by atoms with Crippen LogP contribution in [0.2, 0.25) is 0 Å². The third-order valence-corrected chi connectivity index (χ3v) is 1.14. The van der Waals surface area contributed by atoms with Crippen LogP contribution in [-0.4, -0.2) is 0 Å². The minimum atomic E-state index is 0.994. The van der Waals surface area contributed by atoms with Crippen LogP contribution in [0, 0.1) is 6.58 Å². The maximum absolute atomic E-state index is 5.13. The molecule has 0 aliphatic carbocycles. The van der Waals surface area contributed by atoms with Gasteiger partial charge in [-0.25, -0.2) is 0 Å². The second-order valence-corrected chi connectivity index (χ2v) is 2.12. The Hall–Kier alpha value is -0.780. The molecule has 0 spiro atoms. The Labute approximate surface area is 64.0 Å². The molecule has 0 rings (SSSR count). The highest BCUT2D eigenvalue weighted by molar-refractivity contribution is 4.99. The molecule has 10 heavy (non-hydrogen) atoms. The van der Waals surface area contributed by atoms with Gasteiger partial charge in [-0.05, 0) is 12.8 Å². The zero-order chi connectivity index (χ0) is 7.66. The van der Waals surface area contributed by atoms with E-state index in [1.165, 1.54) is 12.8 Å². The molecule has 0 aromatic heterocycles. The summed E-state index contributed by atoms with van der Waals surface area (Å²) in [6, 6.07) is 0. The molecule has 0 bridgehead atoms. The van der Waals surface area contributed by atoms with E-state index in [0.717, 1.165) is 6.42 Å². The van der Waals surface area contributed by atoms with Gasteiger partial charge in [-0.1, -0.05) is 50.3 Å². The predicted octanol–water partition coefficient (Wildman–Crippen LogP) is 3.28. The summed E-state index contributed by atoms with van der Waals surface area (Å²) in [5.41, 5.74) is 0. The summed E-state index contributed by atoms with van der Waals surface area (Å²) < 4.78 is 0. The maximum atomic E-state index is 5.13. The van der Waals surface area contributed by atoms with Crippen LogP contribution in [0.4, 0.5) is 0 Å². The van der Waals surface area contributed by atoms with E-state index >= 15 is 0 Å². The van der Waals surface area contributed by atoms with Crippen molar-refractivity contribution in [1.29, 1.82) is 0 Å². The topological polar surface area (TPSA) is 0 Å². The van der Waals surface area contributed by atoms with Crippen LogP contribution in [0.25, 0.3) is 0 Å². The minimum Gasteiger partial charge on any atom is -0.0882 e. The quantitative estimate of drug-likeness (QED) is 0.401. The Balaban J connectivity index is 3.17. The number of rotatable bonds is 5. The molecular formula is C10H15. The lowest BCUT2D eigenvalue weighted by atomic mass is 10.3. The van der Waals surface area contributed by atoms with E-state index in [0.29, 0.717) is 0 Å². The van der Waals surface area contributed by atoms with Crippen molar-refractivity contribution in [2.24, 2.45) is 0 Å². The summed E-state index contributed by atoms with van der Waals surface area (Å²) in [7, 11) is 0. The normalized spacial score (nSPS) is 11.3. The van der Waals surface area contributed by atoms with Gasteiger partial charge in [-0.15, -0.1) is 0 Å². The van der Waals surface area contributed by atoms with Gasteiger partial charge in [0.25, 0.3) is 0 Å². The molecule has 0 heterocycles. The first-order valence-electron chi connectivity index (χ1n) is 3.77. The highest BCUT2D eigenvalue weighted by Gasteiger charge is 1.71. The molecule has 0 saturated carbocycles. The Kier molecular flexibility index (Phi) is 7.58. The van der Waals surface area contributed by atoms with Crippen LogP contribution in [0.5, 0.6) is 0 Å². The monoisotopic (exact) mass is 135 g/mol. The third kappa shape index (κ3) is 7.22. The van der Waals surface area contributed by atoms with Crippen molar-refractivity contribution < 1.29 is 0 Å². The van der Waals surface area contributed by atoms with Crippen molar-refractivity contribution >= 4 is 0 Å². The SMILES string of the molecule is [CH]=CC=CCC=CCCC.